The average Bonchev–Trinajstić information content (AvgIpc) is 3.08. The molecule has 0 amide bonds. The lowest BCUT2D eigenvalue weighted by molar-refractivity contribution is 0.573. The van der Waals surface area contributed by atoms with Crippen molar-refractivity contribution in [1.29, 1.82) is 0 Å². The van der Waals surface area contributed by atoms with Gasteiger partial charge in [-0.2, -0.15) is 5.10 Å². The first kappa shape index (κ1) is 16.9. The smallest absolute Gasteiger partial charge is 0.238 e. The van der Waals surface area contributed by atoms with Gasteiger partial charge in [-0.1, -0.05) is 30.3 Å². The SMILES string of the molecule is NS(=O)(=O)c1ccc(-c2ccc(/C=N/NCc3ccccc3)o2)cc1. The molecule has 0 aliphatic rings. The van der Waals surface area contributed by atoms with Crippen molar-refractivity contribution in [3.8, 4) is 11.3 Å². The molecule has 0 saturated carbocycles. The van der Waals surface area contributed by atoms with Gasteiger partial charge in [-0.05, 0) is 42.0 Å². The highest BCUT2D eigenvalue weighted by Gasteiger charge is 2.09. The lowest BCUT2D eigenvalue weighted by Gasteiger charge is -2.00. The summed E-state index contributed by atoms with van der Waals surface area (Å²) in [5, 5.41) is 9.21. The summed E-state index contributed by atoms with van der Waals surface area (Å²) in [7, 11) is -3.69. The number of nitrogens with zero attached hydrogens (tertiary/aromatic N) is 1. The number of benzene rings is 2. The van der Waals surface area contributed by atoms with Gasteiger partial charge in [0.2, 0.25) is 10.0 Å². The minimum Gasteiger partial charge on any atom is -0.455 e. The lowest BCUT2D eigenvalue weighted by atomic mass is 10.2. The highest BCUT2D eigenvalue weighted by atomic mass is 32.2. The molecule has 0 aliphatic carbocycles. The molecule has 0 saturated heterocycles. The second kappa shape index (κ2) is 7.33. The maximum Gasteiger partial charge on any atom is 0.238 e. The zero-order valence-electron chi connectivity index (χ0n) is 13.3. The number of nitrogens with one attached hydrogen (secondary N) is 1. The number of nitrogens with two attached hydrogens (primary N) is 1. The van der Waals surface area contributed by atoms with Crippen LogP contribution in [-0.4, -0.2) is 14.6 Å². The summed E-state index contributed by atoms with van der Waals surface area (Å²) >= 11 is 0. The van der Waals surface area contributed by atoms with Crippen molar-refractivity contribution in [3.63, 3.8) is 0 Å². The number of hydrogen-bond donors (Lipinski definition) is 2. The predicted octanol–water partition coefficient (Wildman–Crippen LogP) is 2.72. The molecule has 0 bridgehead atoms. The predicted molar refractivity (Wildman–Crippen MR) is 96.4 cm³/mol. The Balaban J connectivity index is 1.63. The average molecular weight is 355 g/mol. The van der Waals surface area contributed by atoms with E-state index >= 15 is 0 Å². The van der Waals surface area contributed by atoms with Crippen LogP contribution in [0.3, 0.4) is 0 Å². The number of primary sulfonamides is 1. The van der Waals surface area contributed by atoms with Crippen molar-refractivity contribution in [2.45, 2.75) is 11.4 Å². The van der Waals surface area contributed by atoms with E-state index < -0.39 is 10.0 Å². The van der Waals surface area contributed by atoms with Crippen LogP contribution in [0.25, 0.3) is 11.3 Å². The molecule has 1 aromatic heterocycles. The zero-order valence-corrected chi connectivity index (χ0v) is 14.1. The monoisotopic (exact) mass is 355 g/mol. The first-order valence-corrected chi connectivity index (χ1v) is 9.10. The Morgan fingerprint density at radius 2 is 1.72 bits per heavy atom. The highest BCUT2D eigenvalue weighted by molar-refractivity contribution is 7.89. The van der Waals surface area contributed by atoms with E-state index in [-0.39, 0.29) is 4.90 Å². The standard InChI is InChI=1S/C18H17N3O3S/c19-25(22,23)17-9-6-15(7-10-17)18-11-8-16(24-18)13-21-20-12-14-4-2-1-3-5-14/h1-11,13,20H,12H2,(H2,19,22,23)/b21-13+. The molecular formula is C18H17N3O3S. The van der Waals surface area contributed by atoms with Crippen LogP contribution < -0.4 is 10.6 Å². The van der Waals surface area contributed by atoms with Gasteiger partial charge in [-0.15, -0.1) is 0 Å². The first-order valence-electron chi connectivity index (χ1n) is 7.55. The Bertz CT molecular complexity index is 962. The maximum atomic E-state index is 11.3. The number of furan rings is 1. The van der Waals surface area contributed by atoms with Crippen molar-refractivity contribution in [2.75, 3.05) is 0 Å². The van der Waals surface area contributed by atoms with Crippen LogP contribution in [0.4, 0.5) is 0 Å². The molecule has 25 heavy (non-hydrogen) atoms. The topological polar surface area (TPSA) is 97.7 Å². The van der Waals surface area contributed by atoms with Crippen molar-refractivity contribution < 1.29 is 12.8 Å². The second-order valence-corrected chi connectivity index (χ2v) is 6.91. The van der Waals surface area contributed by atoms with Crippen molar-refractivity contribution in [3.05, 3.63) is 78.1 Å². The van der Waals surface area contributed by atoms with E-state index in [9.17, 15) is 8.42 Å². The minimum atomic E-state index is -3.69. The molecule has 7 heteroatoms. The third kappa shape index (κ3) is 4.56. The second-order valence-electron chi connectivity index (χ2n) is 5.35. The quantitative estimate of drug-likeness (QED) is 0.525. The Morgan fingerprint density at radius 3 is 2.40 bits per heavy atom. The van der Waals surface area contributed by atoms with Gasteiger partial charge in [0.05, 0.1) is 17.7 Å². The van der Waals surface area contributed by atoms with Gasteiger partial charge in [0, 0.05) is 5.56 Å². The summed E-state index contributed by atoms with van der Waals surface area (Å²) in [6.45, 7) is 0.625. The molecule has 0 unspecified atom stereocenters. The molecule has 6 nitrogen and oxygen atoms in total. The molecule has 0 aliphatic heterocycles. The van der Waals surface area contributed by atoms with Crippen LogP contribution in [0.5, 0.6) is 0 Å². The van der Waals surface area contributed by atoms with Crippen molar-refractivity contribution in [1.82, 2.24) is 5.43 Å². The number of hydrazone groups is 1. The molecule has 0 spiro atoms. The lowest BCUT2D eigenvalue weighted by Crippen LogP contribution is -2.11. The van der Waals surface area contributed by atoms with E-state index in [4.69, 9.17) is 9.56 Å². The van der Waals surface area contributed by atoms with Gasteiger partial charge in [-0.3, -0.25) is 0 Å². The Morgan fingerprint density at radius 1 is 1.00 bits per heavy atom. The number of sulfonamides is 1. The third-order valence-corrected chi connectivity index (χ3v) is 4.43. The van der Waals surface area contributed by atoms with Gasteiger partial charge in [0.25, 0.3) is 0 Å². The van der Waals surface area contributed by atoms with Crippen LogP contribution in [0.1, 0.15) is 11.3 Å². The largest absolute Gasteiger partial charge is 0.455 e. The van der Waals surface area contributed by atoms with Crippen LogP contribution in [0, 0.1) is 0 Å². The van der Waals surface area contributed by atoms with Crippen LogP contribution in [0.2, 0.25) is 0 Å². The minimum absolute atomic E-state index is 0.0645. The van der Waals surface area contributed by atoms with E-state index in [2.05, 4.69) is 10.5 Å². The van der Waals surface area contributed by atoms with Gasteiger partial charge >= 0.3 is 0 Å². The summed E-state index contributed by atoms with van der Waals surface area (Å²) in [4.78, 5) is 0.0645. The van der Waals surface area contributed by atoms with E-state index in [1.807, 2.05) is 30.3 Å². The van der Waals surface area contributed by atoms with Crippen molar-refractivity contribution >= 4 is 16.2 Å². The zero-order chi connectivity index (χ0) is 17.7. The summed E-state index contributed by atoms with van der Waals surface area (Å²) in [6, 6.07) is 19.7. The Hall–Kier alpha value is -2.90. The Labute approximate surface area is 146 Å². The normalized spacial score (nSPS) is 11.7. The summed E-state index contributed by atoms with van der Waals surface area (Å²) in [6.07, 6.45) is 1.59. The van der Waals surface area contributed by atoms with Gasteiger partial charge in [0.15, 0.2) is 0 Å². The molecule has 0 fully saturated rings. The van der Waals surface area contributed by atoms with E-state index in [0.29, 0.717) is 18.1 Å². The molecule has 2 aromatic carbocycles. The fraction of sp³-hybridized carbons (Fsp3) is 0.0556. The summed E-state index contributed by atoms with van der Waals surface area (Å²) < 4.78 is 28.2. The van der Waals surface area contributed by atoms with E-state index in [1.54, 1.807) is 30.5 Å². The molecule has 3 rings (SSSR count). The Kier molecular flexibility index (Phi) is 4.97. The molecule has 0 radical (unpaired) electrons. The third-order valence-electron chi connectivity index (χ3n) is 3.50. The van der Waals surface area contributed by atoms with Crippen LogP contribution in [0.15, 0.2) is 81.1 Å². The van der Waals surface area contributed by atoms with Crippen LogP contribution >= 0.6 is 0 Å². The first-order chi connectivity index (χ1) is 12.0. The summed E-state index contributed by atoms with van der Waals surface area (Å²) in [5.41, 5.74) is 4.84. The highest BCUT2D eigenvalue weighted by Crippen LogP contribution is 2.22. The van der Waals surface area contributed by atoms with Gasteiger partial charge in [-0.25, -0.2) is 13.6 Å². The number of hydrogen-bond acceptors (Lipinski definition) is 5. The van der Waals surface area contributed by atoms with Crippen LogP contribution in [-0.2, 0) is 16.6 Å². The maximum absolute atomic E-state index is 11.3. The van der Waals surface area contributed by atoms with Gasteiger partial charge in [0.1, 0.15) is 11.5 Å². The molecular weight excluding hydrogens is 338 g/mol. The fourth-order valence-corrected chi connectivity index (χ4v) is 2.74. The molecule has 3 N–H and O–H groups in total. The molecule has 3 aromatic rings. The van der Waals surface area contributed by atoms with E-state index in [0.717, 1.165) is 11.1 Å². The molecule has 128 valence electrons. The molecule has 1 heterocycles. The van der Waals surface area contributed by atoms with Gasteiger partial charge < -0.3 is 9.84 Å². The number of rotatable bonds is 6. The molecule has 0 atom stereocenters. The van der Waals surface area contributed by atoms with E-state index in [1.165, 1.54) is 12.1 Å². The summed E-state index contributed by atoms with van der Waals surface area (Å²) in [5.74, 6) is 1.21. The van der Waals surface area contributed by atoms with Crippen molar-refractivity contribution in [2.24, 2.45) is 10.2 Å². The fourth-order valence-electron chi connectivity index (χ4n) is 2.23.